The van der Waals surface area contributed by atoms with Crippen molar-refractivity contribution in [3.8, 4) is 0 Å². The molecule has 3 nitrogen and oxygen atoms in total. The van der Waals surface area contributed by atoms with Crippen LogP contribution in [0, 0.1) is 0 Å². The Morgan fingerprint density at radius 1 is 1.38 bits per heavy atom. The Hall–Kier alpha value is -1.35. The Morgan fingerprint density at radius 2 is 2.00 bits per heavy atom. The predicted octanol–water partition coefficient (Wildman–Crippen LogP) is 2.24. The van der Waals surface area contributed by atoms with Gasteiger partial charge < -0.3 is 0 Å². The van der Waals surface area contributed by atoms with E-state index in [9.17, 15) is 4.79 Å². The van der Waals surface area contributed by atoms with Gasteiger partial charge in [0.05, 0.1) is 5.69 Å². The number of hydrogen-bond donors (Lipinski definition) is 1. The normalized spacial score (nSPS) is 11.1. The first-order valence-corrected chi connectivity index (χ1v) is 4.13. The number of Topliss-reactive ketones (excluding diaryl/α,β-unsaturated/α-hetero) is 1. The summed E-state index contributed by atoms with van der Waals surface area (Å²) in [5.41, 5.74) is 3.45. The molecule has 1 rings (SSSR count). The molecular weight excluding hydrogens is 188 g/mol. The number of anilines is 1. The van der Waals surface area contributed by atoms with Crippen LogP contribution in [0.4, 0.5) is 5.69 Å². The van der Waals surface area contributed by atoms with Crippen molar-refractivity contribution in [1.82, 2.24) is 0 Å². The number of para-hydroxylation sites is 1. The molecule has 0 atom stereocenters. The molecule has 0 aliphatic rings. The molecule has 0 amide bonds. The van der Waals surface area contributed by atoms with Gasteiger partial charge in [-0.25, -0.2) is 0 Å². The van der Waals surface area contributed by atoms with Crippen molar-refractivity contribution >= 4 is 28.2 Å². The second-order valence-corrected chi connectivity index (χ2v) is 2.79. The molecule has 1 N–H and O–H groups in total. The molecule has 13 heavy (non-hydrogen) atoms. The van der Waals surface area contributed by atoms with Crippen molar-refractivity contribution in [2.75, 3.05) is 5.43 Å². The lowest BCUT2D eigenvalue weighted by Gasteiger charge is -1.98. The highest BCUT2D eigenvalue weighted by atomic mass is 35.5. The maximum atomic E-state index is 10.7. The highest BCUT2D eigenvalue weighted by Crippen LogP contribution is 2.04. The van der Waals surface area contributed by atoms with Gasteiger partial charge >= 0.3 is 0 Å². The van der Waals surface area contributed by atoms with Crippen LogP contribution in [0.1, 0.15) is 6.92 Å². The van der Waals surface area contributed by atoms with E-state index in [1.807, 2.05) is 30.3 Å². The van der Waals surface area contributed by atoms with Gasteiger partial charge in [0.25, 0.3) is 0 Å². The Labute approximate surface area is 81.4 Å². The van der Waals surface area contributed by atoms with E-state index in [0.29, 0.717) is 0 Å². The lowest BCUT2D eigenvalue weighted by molar-refractivity contribution is -0.110. The van der Waals surface area contributed by atoms with Crippen LogP contribution in [0.2, 0.25) is 0 Å². The summed E-state index contributed by atoms with van der Waals surface area (Å²) in [6.07, 6.45) is 0. The van der Waals surface area contributed by atoms with E-state index in [0.717, 1.165) is 5.69 Å². The predicted molar refractivity (Wildman–Crippen MR) is 54.0 cm³/mol. The Bertz CT molecular complexity index is 322. The van der Waals surface area contributed by atoms with Gasteiger partial charge in [-0.2, -0.15) is 5.10 Å². The van der Waals surface area contributed by atoms with Gasteiger partial charge in [0.1, 0.15) is 0 Å². The van der Waals surface area contributed by atoms with E-state index in [1.54, 1.807) is 0 Å². The summed E-state index contributed by atoms with van der Waals surface area (Å²) < 4.78 is 0. The van der Waals surface area contributed by atoms with E-state index < -0.39 is 0 Å². The third-order valence-electron chi connectivity index (χ3n) is 1.35. The molecule has 0 heterocycles. The summed E-state index contributed by atoms with van der Waals surface area (Å²) in [5.74, 6) is -0.259. The average molecular weight is 197 g/mol. The standard InChI is InChI=1S/C9H9ClN2O/c1-7(13)9(10)12-11-8-5-3-2-4-6-8/h2-6,11H,1H3/b12-9-. The average Bonchev–Trinajstić information content (AvgIpc) is 2.15. The molecule has 0 bridgehead atoms. The largest absolute Gasteiger partial charge is 0.292 e. The van der Waals surface area contributed by atoms with Crippen molar-refractivity contribution in [3.05, 3.63) is 30.3 Å². The van der Waals surface area contributed by atoms with Crippen molar-refractivity contribution in [3.63, 3.8) is 0 Å². The lowest BCUT2D eigenvalue weighted by atomic mass is 10.3. The van der Waals surface area contributed by atoms with Crippen LogP contribution < -0.4 is 5.43 Å². The molecule has 1 aromatic rings. The Balaban J connectivity index is 2.62. The van der Waals surface area contributed by atoms with Crippen LogP contribution in [-0.2, 0) is 4.79 Å². The fourth-order valence-corrected chi connectivity index (χ4v) is 0.747. The summed E-state index contributed by atoms with van der Waals surface area (Å²) >= 11 is 5.50. The van der Waals surface area contributed by atoms with Crippen molar-refractivity contribution < 1.29 is 4.79 Å². The van der Waals surface area contributed by atoms with Gasteiger partial charge in [0.2, 0.25) is 0 Å². The topological polar surface area (TPSA) is 41.5 Å². The highest BCUT2D eigenvalue weighted by Gasteiger charge is 1.99. The molecular formula is C9H9ClN2O. The number of hydrogen-bond acceptors (Lipinski definition) is 3. The first kappa shape index (κ1) is 9.74. The first-order valence-electron chi connectivity index (χ1n) is 3.75. The van der Waals surface area contributed by atoms with Gasteiger partial charge in [-0.15, -0.1) is 0 Å². The monoisotopic (exact) mass is 196 g/mol. The van der Waals surface area contributed by atoms with Gasteiger partial charge in [-0.1, -0.05) is 29.8 Å². The Kier molecular flexibility index (Phi) is 3.46. The molecule has 0 saturated heterocycles. The van der Waals surface area contributed by atoms with Crippen LogP contribution in [0.5, 0.6) is 0 Å². The van der Waals surface area contributed by atoms with E-state index >= 15 is 0 Å². The number of ketones is 1. The minimum atomic E-state index is -0.259. The Morgan fingerprint density at radius 3 is 2.54 bits per heavy atom. The van der Waals surface area contributed by atoms with E-state index in [-0.39, 0.29) is 11.0 Å². The number of carbonyl (C=O) groups excluding carboxylic acids is 1. The number of carbonyl (C=O) groups is 1. The fourth-order valence-electron chi connectivity index (χ4n) is 0.705. The fraction of sp³-hybridized carbons (Fsp3) is 0.111. The molecule has 1 aromatic carbocycles. The first-order chi connectivity index (χ1) is 6.20. The van der Waals surface area contributed by atoms with Crippen LogP contribution >= 0.6 is 11.6 Å². The number of nitrogens with one attached hydrogen (secondary N) is 1. The molecule has 0 fully saturated rings. The zero-order chi connectivity index (χ0) is 9.68. The summed E-state index contributed by atoms with van der Waals surface area (Å²) in [6.45, 7) is 1.36. The quantitative estimate of drug-likeness (QED) is 0.595. The minimum absolute atomic E-state index is 0.0520. The van der Waals surface area contributed by atoms with Crippen molar-refractivity contribution in [2.24, 2.45) is 5.10 Å². The van der Waals surface area contributed by atoms with Crippen molar-refractivity contribution in [1.29, 1.82) is 0 Å². The molecule has 0 radical (unpaired) electrons. The minimum Gasteiger partial charge on any atom is -0.292 e. The molecule has 0 spiro atoms. The molecule has 0 saturated carbocycles. The molecule has 4 heteroatoms. The third-order valence-corrected chi connectivity index (χ3v) is 1.70. The van der Waals surface area contributed by atoms with E-state index in [4.69, 9.17) is 11.6 Å². The summed E-state index contributed by atoms with van der Waals surface area (Å²) in [7, 11) is 0. The smallest absolute Gasteiger partial charge is 0.191 e. The molecule has 0 unspecified atom stereocenters. The summed E-state index contributed by atoms with van der Waals surface area (Å²) in [4.78, 5) is 10.7. The number of benzene rings is 1. The SMILES string of the molecule is CC(=O)/C(Cl)=N/Nc1ccccc1. The number of nitrogens with zero attached hydrogens (tertiary/aromatic N) is 1. The number of hydrazone groups is 1. The van der Waals surface area contributed by atoms with Gasteiger partial charge in [-0.05, 0) is 12.1 Å². The van der Waals surface area contributed by atoms with Crippen LogP contribution in [0.15, 0.2) is 35.4 Å². The summed E-state index contributed by atoms with van der Waals surface area (Å²) in [6, 6.07) is 9.27. The van der Waals surface area contributed by atoms with E-state index in [1.165, 1.54) is 6.92 Å². The zero-order valence-electron chi connectivity index (χ0n) is 7.12. The van der Waals surface area contributed by atoms with Crippen molar-refractivity contribution in [2.45, 2.75) is 6.92 Å². The van der Waals surface area contributed by atoms with Crippen LogP contribution in [-0.4, -0.2) is 11.0 Å². The maximum absolute atomic E-state index is 10.7. The number of halogens is 1. The van der Waals surface area contributed by atoms with Gasteiger partial charge in [0.15, 0.2) is 11.0 Å². The second kappa shape index (κ2) is 4.62. The molecule has 0 aliphatic carbocycles. The van der Waals surface area contributed by atoms with Gasteiger partial charge in [0, 0.05) is 6.92 Å². The summed E-state index contributed by atoms with van der Waals surface area (Å²) in [5, 5.41) is 3.62. The van der Waals surface area contributed by atoms with Crippen LogP contribution in [0.3, 0.4) is 0 Å². The molecule has 0 aromatic heterocycles. The highest BCUT2D eigenvalue weighted by molar-refractivity contribution is 6.82. The zero-order valence-corrected chi connectivity index (χ0v) is 7.88. The van der Waals surface area contributed by atoms with Crippen LogP contribution in [0.25, 0.3) is 0 Å². The van der Waals surface area contributed by atoms with Gasteiger partial charge in [-0.3, -0.25) is 10.2 Å². The maximum Gasteiger partial charge on any atom is 0.191 e. The molecule has 68 valence electrons. The number of rotatable bonds is 3. The third kappa shape index (κ3) is 3.25. The second-order valence-electron chi connectivity index (χ2n) is 2.44. The van der Waals surface area contributed by atoms with E-state index in [2.05, 4.69) is 10.5 Å². The molecule has 0 aliphatic heterocycles. The lowest BCUT2D eigenvalue weighted by Crippen LogP contribution is -2.04.